The van der Waals surface area contributed by atoms with Crippen LogP contribution in [0.2, 0.25) is 0 Å². The molecule has 1 fully saturated rings. The van der Waals surface area contributed by atoms with Crippen molar-refractivity contribution in [1.29, 1.82) is 0 Å². The number of nitrogens with two attached hydrogens (primary N) is 1. The lowest BCUT2D eigenvalue weighted by atomic mass is 9.87. The van der Waals surface area contributed by atoms with E-state index >= 15 is 0 Å². The van der Waals surface area contributed by atoms with Crippen molar-refractivity contribution < 1.29 is 17.9 Å². The standard InChI is InChI=1S/C14H18F3NO/c15-14(16,17)19-13-9-5-4-7-11(13)10-6-2-1-3-8-12(10)18/h4-5,7,9-10,12H,1-3,6,8,18H2. The second-order valence-corrected chi connectivity index (χ2v) is 4.99. The van der Waals surface area contributed by atoms with Gasteiger partial charge in [0.2, 0.25) is 0 Å². The SMILES string of the molecule is NC1CCCCCC1c1ccccc1OC(F)(F)F. The van der Waals surface area contributed by atoms with Crippen molar-refractivity contribution in [1.82, 2.24) is 0 Å². The minimum absolute atomic E-state index is 0.0546. The fraction of sp³-hybridized carbons (Fsp3) is 0.571. The lowest BCUT2D eigenvalue weighted by molar-refractivity contribution is -0.275. The van der Waals surface area contributed by atoms with Crippen LogP contribution in [0.3, 0.4) is 0 Å². The zero-order valence-electron chi connectivity index (χ0n) is 10.6. The van der Waals surface area contributed by atoms with Gasteiger partial charge in [-0.05, 0) is 24.5 Å². The highest BCUT2D eigenvalue weighted by Gasteiger charge is 2.33. The first-order valence-electron chi connectivity index (χ1n) is 6.57. The van der Waals surface area contributed by atoms with Gasteiger partial charge in [-0.15, -0.1) is 13.2 Å². The molecule has 2 N–H and O–H groups in total. The van der Waals surface area contributed by atoms with Crippen LogP contribution in [-0.4, -0.2) is 12.4 Å². The lowest BCUT2D eigenvalue weighted by Gasteiger charge is -2.24. The van der Waals surface area contributed by atoms with Crippen molar-refractivity contribution in [2.24, 2.45) is 5.73 Å². The van der Waals surface area contributed by atoms with Gasteiger partial charge in [-0.1, -0.05) is 37.5 Å². The molecule has 0 bridgehead atoms. The molecule has 1 aromatic carbocycles. The maximum Gasteiger partial charge on any atom is 0.573 e. The molecule has 1 aliphatic rings. The van der Waals surface area contributed by atoms with Crippen molar-refractivity contribution in [3.05, 3.63) is 29.8 Å². The normalized spacial score (nSPS) is 24.8. The summed E-state index contributed by atoms with van der Waals surface area (Å²) in [5.41, 5.74) is 6.68. The summed E-state index contributed by atoms with van der Waals surface area (Å²) in [6, 6.07) is 6.24. The first-order valence-corrected chi connectivity index (χ1v) is 6.57. The van der Waals surface area contributed by atoms with Crippen molar-refractivity contribution >= 4 is 0 Å². The Bertz CT molecular complexity index is 419. The number of ether oxygens (including phenoxy) is 1. The highest BCUT2D eigenvalue weighted by molar-refractivity contribution is 5.37. The average molecular weight is 273 g/mol. The third-order valence-corrected chi connectivity index (χ3v) is 3.61. The van der Waals surface area contributed by atoms with Crippen molar-refractivity contribution in [2.45, 2.75) is 50.4 Å². The summed E-state index contributed by atoms with van der Waals surface area (Å²) in [6.07, 6.45) is 0.139. The van der Waals surface area contributed by atoms with Gasteiger partial charge in [-0.3, -0.25) is 0 Å². The first-order chi connectivity index (χ1) is 8.97. The van der Waals surface area contributed by atoms with Gasteiger partial charge < -0.3 is 10.5 Å². The van der Waals surface area contributed by atoms with E-state index in [4.69, 9.17) is 5.73 Å². The summed E-state index contributed by atoms with van der Waals surface area (Å²) < 4.78 is 41.4. The van der Waals surface area contributed by atoms with Crippen molar-refractivity contribution in [3.63, 3.8) is 0 Å². The van der Waals surface area contributed by atoms with E-state index in [1.165, 1.54) is 6.07 Å². The molecule has 0 spiro atoms. The molecule has 5 heteroatoms. The molecule has 0 aromatic heterocycles. The molecule has 0 radical (unpaired) electrons. The highest BCUT2D eigenvalue weighted by atomic mass is 19.4. The molecule has 0 aliphatic heterocycles. The van der Waals surface area contributed by atoms with Crippen LogP contribution in [0.4, 0.5) is 13.2 Å². The van der Waals surface area contributed by atoms with Crippen LogP contribution in [0, 0.1) is 0 Å². The highest BCUT2D eigenvalue weighted by Crippen LogP contribution is 2.37. The fourth-order valence-electron chi connectivity index (χ4n) is 2.73. The third kappa shape index (κ3) is 3.86. The first kappa shape index (κ1) is 14.2. The number of para-hydroxylation sites is 1. The predicted molar refractivity (Wildman–Crippen MR) is 66.9 cm³/mol. The van der Waals surface area contributed by atoms with Gasteiger partial charge in [0.15, 0.2) is 0 Å². The molecule has 1 aliphatic carbocycles. The predicted octanol–water partition coefficient (Wildman–Crippen LogP) is 3.96. The summed E-state index contributed by atoms with van der Waals surface area (Å²) in [7, 11) is 0. The van der Waals surface area contributed by atoms with Crippen LogP contribution in [0.25, 0.3) is 0 Å². The molecule has 2 unspecified atom stereocenters. The van der Waals surface area contributed by atoms with Crippen molar-refractivity contribution in [2.75, 3.05) is 0 Å². The monoisotopic (exact) mass is 273 g/mol. The van der Waals surface area contributed by atoms with Crippen LogP contribution in [0.5, 0.6) is 5.75 Å². The molecule has 19 heavy (non-hydrogen) atoms. The number of hydrogen-bond donors (Lipinski definition) is 1. The molecule has 2 atom stereocenters. The summed E-state index contributed by atoms with van der Waals surface area (Å²) in [5.74, 6) is -0.168. The third-order valence-electron chi connectivity index (χ3n) is 3.61. The van der Waals surface area contributed by atoms with Gasteiger partial charge in [0.05, 0.1) is 0 Å². The average Bonchev–Trinajstić information content (AvgIpc) is 2.53. The van der Waals surface area contributed by atoms with E-state index < -0.39 is 6.36 Å². The van der Waals surface area contributed by atoms with Crippen LogP contribution in [0.1, 0.15) is 43.6 Å². The molecule has 0 heterocycles. The Balaban J connectivity index is 2.27. The zero-order valence-corrected chi connectivity index (χ0v) is 10.6. The molecule has 2 rings (SSSR count). The molecule has 106 valence electrons. The van der Waals surface area contributed by atoms with E-state index in [-0.39, 0.29) is 17.7 Å². The maximum absolute atomic E-state index is 12.4. The summed E-state index contributed by atoms with van der Waals surface area (Å²) >= 11 is 0. The number of halogens is 3. The van der Waals surface area contributed by atoms with E-state index in [2.05, 4.69) is 4.74 Å². The van der Waals surface area contributed by atoms with Gasteiger partial charge in [0, 0.05) is 12.0 Å². The second kappa shape index (κ2) is 5.82. The van der Waals surface area contributed by atoms with Crippen LogP contribution >= 0.6 is 0 Å². The van der Waals surface area contributed by atoms with Gasteiger partial charge in [-0.25, -0.2) is 0 Å². The van der Waals surface area contributed by atoms with Gasteiger partial charge in [0.1, 0.15) is 5.75 Å². The molecular weight excluding hydrogens is 255 g/mol. The maximum atomic E-state index is 12.4. The minimum Gasteiger partial charge on any atom is -0.405 e. The topological polar surface area (TPSA) is 35.2 Å². The van der Waals surface area contributed by atoms with Gasteiger partial charge in [-0.2, -0.15) is 0 Å². The van der Waals surface area contributed by atoms with E-state index in [0.717, 1.165) is 32.1 Å². The van der Waals surface area contributed by atoms with Crippen LogP contribution < -0.4 is 10.5 Å². The Morgan fingerprint density at radius 2 is 1.74 bits per heavy atom. The quantitative estimate of drug-likeness (QED) is 0.828. The number of hydrogen-bond acceptors (Lipinski definition) is 2. The van der Waals surface area contributed by atoms with Crippen LogP contribution in [-0.2, 0) is 0 Å². The van der Waals surface area contributed by atoms with E-state index in [9.17, 15) is 13.2 Å². The Kier molecular flexibility index (Phi) is 4.34. The molecule has 0 saturated heterocycles. The Morgan fingerprint density at radius 3 is 2.47 bits per heavy atom. The molecular formula is C14H18F3NO. The van der Waals surface area contributed by atoms with E-state index in [1.54, 1.807) is 18.2 Å². The zero-order chi connectivity index (χ0) is 13.9. The number of benzene rings is 1. The summed E-state index contributed by atoms with van der Waals surface area (Å²) in [4.78, 5) is 0. The smallest absolute Gasteiger partial charge is 0.405 e. The Labute approximate surface area is 110 Å². The van der Waals surface area contributed by atoms with Crippen molar-refractivity contribution in [3.8, 4) is 5.75 Å². The lowest BCUT2D eigenvalue weighted by Crippen LogP contribution is -2.28. The number of rotatable bonds is 2. The molecule has 1 saturated carbocycles. The molecule has 0 amide bonds. The van der Waals surface area contributed by atoms with Gasteiger partial charge in [0.25, 0.3) is 0 Å². The Morgan fingerprint density at radius 1 is 1.05 bits per heavy atom. The summed E-state index contributed by atoms with van der Waals surface area (Å²) in [5, 5.41) is 0. The molecule has 1 aromatic rings. The van der Waals surface area contributed by atoms with Gasteiger partial charge >= 0.3 is 6.36 Å². The largest absolute Gasteiger partial charge is 0.573 e. The minimum atomic E-state index is -4.66. The van der Waals surface area contributed by atoms with Crippen LogP contribution in [0.15, 0.2) is 24.3 Å². The molecule has 2 nitrogen and oxygen atoms in total. The fourth-order valence-corrected chi connectivity index (χ4v) is 2.73. The van der Waals surface area contributed by atoms with E-state index in [1.807, 2.05) is 0 Å². The summed E-state index contributed by atoms with van der Waals surface area (Å²) in [6.45, 7) is 0. The Hall–Kier alpha value is -1.23. The van der Waals surface area contributed by atoms with E-state index in [0.29, 0.717) is 5.56 Å². The second-order valence-electron chi connectivity index (χ2n) is 4.99. The number of alkyl halides is 3.